The van der Waals surface area contributed by atoms with Crippen LogP contribution < -0.4 is 5.32 Å². The molecule has 0 bridgehead atoms. The van der Waals surface area contributed by atoms with Gasteiger partial charge in [0, 0.05) is 44.8 Å². The number of hydrogen-bond acceptors (Lipinski definition) is 6. The highest BCUT2D eigenvalue weighted by Crippen LogP contribution is 2.20. The summed E-state index contributed by atoms with van der Waals surface area (Å²) in [6, 6.07) is 2.01. The van der Waals surface area contributed by atoms with Crippen molar-refractivity contribution < 1.29 is 8.42 Å². The molecule has 2 aromatic heterocycles. The number of aromatic nitrogens is 4. The van der Waals surface area contributed by atoms with E-state index in [1.54, 1.807) is 25.5 Å². The maximum atomic E-state index is 12.5. The lowest BCUT2D eigenvalue weighted by molar-refractivity contribution is 0.326. The van der Waals surface area contributed by atoms with Gasteiger partial charge in [0.15, 0.2) is 0 Å². The number of hydrogen-bond donors (Lipinski definition) is 1. The molecule has 0 amide bonds. The molecular formula is C13H18N6O2S. The van der Waals surface area contributed by atoms with Crippen LogP contribution in [0.15, 0.2) is 36.1 Å². The number of imidazole rings is 1. The SMILES string of the molecule is Cn1ccnc1S(=O)(=O)N1CCC(Nc2ccncn2)CC1. The van der Waals surface area contributed by atoms with E-state index >= 15 is 0 Å². The Bertz CT molecular complexity index is 722. The zero-order valence-electron chi connectivity index (χ0n) is 12.3. The predicted molar refractivity (Wildman–Crippen MR) is 80.6 cm³/mol. The second-order valence-corrected chi connectivity index (χ2v) is 7.07. The second kappa shape index (κ2) is 6.01. The Hall–Kier alpha value is -2.00. The molecule has 0 saturated carbocycles. The van der Waals surface area contributed by atoms with Crippen LogP contribution in [0.1, 0.15) is 12.8 Å². The Balaban J connectivity index is 1.63. The van der Waals surface area contributed by atoms with Crippen LogP contribution >= 0.6 is 0 Å². The minimum atomic E-state index is -3.51. The zero-order chi connectivity index (χ0) is 15.6. The van der Waals surface area contributed by atoms with E-state index < -0.39 is 10.0 Å². The molecule has 1 fully saturated rings. The first kappa shape index (κ1) is 14.9. The number of aryl methyl sites for hydroxylation is 1. The lowest BCUT2D eigenvalue weighted by Gasteiger charge is -2.31. The molecule has 118 valence electrons. The summed E-state index contributed by atoms with van der Waals surface area (Å²) in [7, 11) is -1.83. The quantitative estimate of drug-likeness (QED) is 0.880. The maximum absolute atomic E-state index is 12.5. The van der Waals surface area contributed by atoms with Crippen molar-refractivity contribution in [2.45, 2.75) is 24.0 Å². The van der Waals surface area contributed by atoms with Gasteiger partial charge in [-0.2, -0.15) is 4.31 Å². The summed E-state index contributed by atoms with van der Waals surface area (Å²) >= 11 is 0. The van der Waals surface area contributed by atoms with Crippen molar-refractivity contribution >= 4 is 15.8 Å². The van der Waals surface area contributed by atoms with Gasteiger partial charge in [-0.1, -0.05) is 0 Å². The van der Waals surface area contributed by atoms with Crippen molar-refractivity contribution in [1.29, 1.82) is 0 Å². The number of piperidine rings is 1. The molecule has 9 heteroatoms. The van der Waals surface area contributed by atoms with Crippen LogP contribution in [0.2, 0.25) is 0 Å². The molecule has 0 spiro atoms. The third-order valence-corrected chi connectivity index (χ3v) is 5.64. The number of anilines is 1. The van der Waals surface area contributed by atoms with Gasteiger partial charge in [-0.05, 0) is 18.9 Å². The number of sulfonamides is 1. The average molecular weight is 322 g/mol. The van der Waals surface area contributed by atoms with Crippen molar-refractivity contribution in [1.82, 2.24) is 23.8 Å². The van der Waals surface area contributed by atoms with Crippen LogP contribution in [0.5, 0.6) is 0 Å². The van der Waals surface area contributed by atoms with Crippen LogP contribution in [0.3, 0.4) is 0 Å². The summed E-state index contributed by atoms with van der Waals surface area (Å²) in [5.74, 6) is 0.764. The highest BCUT2D eigenvalue weighted by atomic mass is 32.2. The Labute approximate surface area is 129 Å². The smallest absolute Gasteiger partial charge is 0.277 e. The van der Waals surface area contributed by atoms with Gasteiger partial charge >= 0.3 is 0 Å². The Morgan fingerprint density at radius 3 is 2.59 bits per heavy atom. The average Bonchev–Trinajstić information content (AvgIpc) is 2.96. The normalized spacial score (nSPS) is 17.5. The number of nitrogens with one attached hydrogen (secondary N) is 1. The third kappa shape index (κ3) is 2.95. The van der Waals surface area contributed by atoms with Gasteiger partial charge in [-0.25, -0.2) is 23.4 Å². The topological polar surface area (TPSA) is 93.0 Å². The van der Waals surface area contributed by atoms with Crippen LogP contribution in [-0.2, 0) is 17.1 Å². The fraction of sp³-hybridized carbons (Fsp3) is 0.462. The molecule has 0 aromatic carbocycles. The van der Waals surface area contributed by atoms with E-state index in [2.05, 4.69) is 20.3 Å². The van der Waals surface area contributed by atoms with E-state index in [9.17, 15) is 8.42 Å². The van der Waals surface area contributed by atoms with Crippen LogP contribution in [0.25, 0.3) is 0 Å². The number of rotatable bonds is 4. The monoisotopic (exact) mass is 322 g/mol. The van der Waals surface area contributed by atoms with E-state index in [1.807, 2.05) is 0 Å². The lowest BCUT2D eigenvalue weighted by atomic mass is 10.1. The first-order chi connectivity index (χ1) is 10.6. The van der Waals surface area contributed by atoms with Crippen molar-refractivity contribution in [3.8, 4) is 0 Å². The van der Waals surface area contributed by atoms with E-state index in [-0.39, 0.29) is 11.2 Å². The third-order valence-electron chi connectivity index (χ3n) is 3.74. The fourth-order valence-electron chi connectivity index (χ4n) is 2.54. The minimum Gasteiger partial charge on any atom is -0.367 e. The molecule has 0 aliphatic carbocycles. The molecule has 3 heterocycles. The molecule has 1 aliphatic heterocycles. The van der Waals surface area contributed by atoms with Gasteiger partial charge in [0.1, 0.15) is 12.1 Å². The molecule has 8 nitrogen and oxygen atoms in total. The molecule has 0 unspecified atom stereocenters. The number of nitrogens with zero attached hydrogens (tertiary/aromatic N) is 5. The standard InChI is InChI=1S/C13H18N6O2S/c1-18-9-6-15-13(18)22(20,21)19-7-3-11(4-8-19)17-12-2-5-14-10-16-12/h2,5-6,9-11H,3-4,7-8H2,1H3,(H,14,16,17). The van der Waals surface area contributed by atoms with Gasteiger partial charge in [0.05, 0.1) is 0 Å². The highest BCUT2D eigenvalue weighted by molar-refractivity contribution is 7.89. The molecule has 0 atom stereocenters. The summed E-state index contributed by atoms with van der Waals surface area (Å²) in [4.78, 5) is 11.9. The molecule has 22 heavy (non-hydrogen) atoms. The van der Waals surface area contributed by atoms with Gasteiger partial charge in [-0.15, -0.1) is 0 Å². The molecule has 2 aromatic rings. The van der Waals surface area contributed by atoms with Gasteiger partial charge in [-0.3, -0.25) is 0 Å². The van der Waals surface area contributed by atoms with Crippen LogP contribution in [0, 0.1) is 0 Å². The fourth-order valence-corrected chi connectivity index (χ4v) is 4.08. The van der Waals surface area contributed by atoms with Gasteiger partial charge in [0.25, 0.3) is 10.0 Å². The Morgan fingerprint density at radius 2 is 2.00 bits per heavy atom. The largest absolute Gasteiger partial charge is 0.367 e. The summed E-state index contributed by atoms with van der Waals surface area (Å²) in [5, 5.41) is 3.40. The van der Waals surface area contributed by atoms with Crippen LogP contribution in [-0.4, -0.2) is 51.4 Å². The first-order valence-electron chi connectivity index (χ1n) is 7.07. The van der Waals surface area contributed by atoms with Crippen molar-refractivity contribution in [3.05, 3.63) is 31.0 Å². The molecule has 0 radical (unpaired) electrons. The summed E-state index contributed by atoms with van der Waals surface area (Å²) in [6.45, 7) is 0.940. The minimum absolute atomic E-state index is 0.0923. The van der Waals surface area contributed by atoms with Crippen molar-refractivity contribution in [2.75, 3.05) is 18.4 Å². The highest BCUT2D eigenvalue weighted by Gasteiger charge is 2.31. The molecule has 1 N–H and O–H groups in total. The van der Waals surface area contributed by atoms with Crippen LogP contribution in [0.4, 0.5) is 5.82 Å². The summed E-state index contributed by atoms with van der Waals surface area (Å²) < 4.78 is 28.1. The Kier molecular flexibility index (Phi) is 4.08. The van der Waals surface area contributed by atoms with E-state index in [1.165, 1.54) is 21.4 Å². The van der Waals surface area contributed by atoms with Crippen molar-refractivity contribution in [3.63, 3.8) is 0 Å². The first-order valence-corrected chi connectivity index (χ1v) is 8.51. The lowest BCUT2D eigenvalue weighted by Crippen LogP contribution is -2.43. The van der Waals surface area contributed by atoms with Gasteiger partial charge < -0.3 is 9.88 Å². The van der Waals surface area contributed by atoms with E-state index in [0.29, 0.717) is 13.1 Å². The van der Waals surface area contributed by atoms with E-state index in [4.69, 9.17) is 0 Å². The molecular weight excluding hydrogens is 304 g/mol. The Morgan fingerprint density at radius 1 is 1.23 bits per heavy atom. The van der Waals surface area contributed by atoms with Gasteiger partial charge in [0.2, 0.25) is 5.16 Å². The predicted octanol–water partition coefficient (Wildman–Crippen LogP) is 0.475. The van der Waals surface area contributed by atoms with E-state index in [0.717, 1.165) is 18.7 Å². The molecule has 3 rings (SSSR count). The molecule has 1 saturated heterocycles. The molecule has 1 aliphatic rings. The summed E-state index contributed by atoms with van der Waals surface area (Å²) in [6.07, 6.45) is 7.76. The zero-order valence-corrected chi connectivity index (χ0v) is 13.1. The second-order valence-electron chi connectivity index (χ2n) is 5.24. The summed E-state index contributed by atoms with van der Waals surface area (Å²) in [5.41, 5.74) is 0. The maximum Gasteiger partial charge on any atom is 0.277 e. The van der Waals surface area contributed by atoms with Crippen molar-refractivity contribution in [2.24, 2.45) is 7.05 Å².